The summed E-state index contributed by atoms with van der Waals surface area (Å²) in [5.41, 5.74) is 6.91. The monoisotopic (exact) mass is 300 g/mol. The second-order valence-electron chi connectivity index (χ2n) is 4.30. The highest BCUT2D eigenvalue weighted by Crippen LogP contribution is 2.27. The molecular formula is C16H16N2O4. The second-order valence-corrected chi connectivity index (χ2v) is 4.30. The first-order valence-electron chi connectivity index (χ1n) is 6.34. The Kier molecular flexibility index (Phi) is 6.46. The first-order valence-corrected chi connectivity index (χ1v) is 6.34. The second kappa shape index (κ2) is 8.33. The number of amides is 2. The molecule has 0 fully saturated rings. The van der Waals surface area contributed by atoms with Crippen LogP contribution >= 0.6 is 0 Å². The Morgan fingerprint density at radius 2 is 1.82 bits per heavy atom. The van der Waals surface area contributed by atoms with E-state index in [4.69, 9.17) is 5.21 Å². The van der Waals surface area contributed by atoms with Crippen molar-refractivity contribution in [3.05, 3.63) is 72.4 Å². The maximum absolute atomic E-state index is 11.8. The molecule has 2 rings (SSSR count). The molecule has 0 aliphatic heterocycles. The van der Waals surface area contributed by atoms with Crippen molar-refractivity contribution in [1.82, 2.24) is 5.48 Å². The van der Waals surface area contributed by atoms with Crippen LogP contribution in [-0.4, -0.2) is 22.8 Å². The lowest BCUT2D eigenvalue weighted by Gasteiger charge is -2.16. The first kappa shape index (κ1) is 17.1. The highest BCUT2D eigenvalue weighted by atomic mass is 16.5. The fourth-order valence-electron chi connectivity index (χ4n) is 1.87. The number of hydrogen-bond acceptors (Lipinski definition) is 4. The number of nitrogens with one attached hydrogen (secondary N) is 1. The van der Waals surface area contributed by atoms with Crippen LogP contribution in [0, 0.1) is 0 Å². The van der Waals surface area contributed by atoms with Crippen LogP contribution in [0.2, 0.25) is 0 Å². The molecule has 1 aliphatic carbocycles. The van der Waals surface area contributed by atoms with Crippen LogP contribution in [0.1, 0.15) is 11.5 Å². The highest BCUT2D eigenvalue weighted by molar-refractivity contribution is 6.18. The molecule has 4 N–H and O–H groups in total. The third-order valence-electron chi connectivity index (χ3n) is 2.82. The van der Waals surface area contributed by atoms with Crippen LogP contribution in [0.3, 0.4) is 0 Å². The molecule has 6 nitrogen and oxygen atoms in total. The van der Waals surface area contributed by atoms with Crippen molar-refractivity contribution in [2.75, 3.05) is 0 Å². The third kappa shape index (κ3) is 4.84. The molecule has 1 aromatic rings. The van der Waals surface area contributed by atoms with Gasteiger partial charge in [0.1, 0.15) is 0 Å². The predicted octanol–water partition coefficient (Wildman–Crippen LogP) is 1.63. The summed E-state index contributed by atoms with van der Waals surface area (Å²) in [4.78, 5) is 32.3. The van der Waals surface area contributed by atoms with Crippen LogP contribution in [0.4, 0.5) is 4.79 Å². The van der Waals surface area contributed by atoms with Crippen LogP contribution < -0.4 is 11.2 Å². The minimum Gasteiger partial charge on any atom is -0.350 e. The smallest absolute Gasteiger partial charge is 0.335 e. The van der Waals surface area contributed by atoms with Crippen molar-refractivity contribution < 1.29 is 19.6 Å². The zero-order chi connectivity index (χ0) is 16.5. The molecular weight excluding hydrogens is 284 g/mol. The quantitative estimate of drug-likeness (QED) is 0.341. The molecule has 114 valence electrons. The van der Waals surface area contributed by atoms with E-state index in [9.17, 15) is 14.4 Å². The highest BCUT2D eigenvalue weighted by Gasteiger charge is 2.21. The first-order chi connectivity index (χ1) is 10.5. The van der Waals surface area contributed by atoms with E-state index in [1.54, 1.807) is 6.08 Å². The summed E-state index contributed by atoms with van der Waals surface area (Å²) in [5.74, 6) is -0.502. The lowest BCUT2D eigenvalue weighted by molar-refractivity contribution is -0.114. The summed E-state index contributed by atoms with van der Waals surface area (Å²) < 4.78 is 0. The Morgan fingerprint density at radius 3 is 2.32 bits per heavy atom. The number of hydrogen-bond donors (Lipinski definition) is 3. The van der Waals surface area contributed by atoms with Crippen molar-refractivity contribution in [3.8, 4) is 0 Å². The predicted molar refractivity (Wildman–Crippen MR) is 81.1 cm³/mol. The van der Waals surface area contributed by atoms with Gasteiger partial charge in [0.15, 0.2) is 11.6 Å². The molecule has 0 bridgehead atoms. The molecule has 22 heavy (non-hydrogen) atoms. The number of hydroxylamine groups is 1. The fourth-order valence-corrected chi connectivity index (χ4v) is 1.87. The van der Waals surface area contributed by atoms with Crippen LogP contribution in [-0.2, 0) is 9.59 Å². The number of allylic oxidation sites excluding steroid dienone is 5. The van der Waals surface area contributed by atoms with Crippen molar-refractivity contribution in [3.63, 3.8) is 0 Å². The number of nitrogens with two attached hydrogens (primary N) is 1. The topological polar surface area (TPSA) is 109 Å². The van der Waals surface area contributed by atoms with Gasteiger partial charge in [-0.25, -0.2) is 10.3 Å². The average Bonchev–Trinajstić information content (AvgIpc) is 2.53. The van der Waals surface area contributed by atoms with E-state index in [-0.39, 0.29) is 17.5 Å². The summed E-state index contributed by atoms with van der Waals surface area (Å²) in [7, 11) is 0. The number of primary amides is 1. The Morgan fingerprint density at radius 1 is 1.23 bits per heavy atom. The van der Waals surface area contributed by atoms with Gasteiger partial charge in [-0.2, -0.15) is 0 Å². The lowest BCUT2D eigenvalue weighted by atomic mass is 9.86. The number of carbonyl (C=O) groups excluding carboxylic acids is 3. The van der Waals surface area contributed by atoms with Gasteiger partial charge in [0.2, 0.25) is 0 Å². The molecule has 0 saturated carbocycles. The largest absolute Gasteiger partial charge is 0.350 e. The number of rotatable bonds is 3. The van der Waals surface area contributed by atoms with Gasteiger partial charge in [-0.15, -0.1) is 6.58 Å². The van der Waals surface area contributed by atoms with E-state index in [2.05, 4.69) is 12.3 Å². The van der Waals surface area contributed by atoms with E-state index >= 15 is 0 Å². The zero-order valence-electron chi connectivity index (χ0n) is 11.7. The van der Waals surface area contributed by atoms with Crippen molar-refractivity contribution in [1.29, 1.82) is 0 Å². The van der Waals surface area contributed by atoms with Gasteiger partial charge in [-0.1, -0.05) is 36.4 Å². The standard InChI is InChI=1S/C15H12O2.CH4N2O2/c1-2-13(11-6-4-3-5-7-11)14-10-12(16)8-9-15(14)17;2-1(4)3-5/h2-10,13H,1H2;5H,(H3,2,3,4). The van der Waals surface area contributed by atoms with E-state index in [1.807, 2.05) is 30.3 Å². The van der Waals surface area contributed by atoms with E-state index in [1.165, 1.54) is 23.7 Å². The Balaban J connectivity index is 0.000000422. The van der Waals surface area contributed by atoms with Gasteiger partial charge in [-0.3, -0.25) is 14.8 Å². The molecule has 1 aliphatic rings. The molecule has 0 spiro atoms. The summed E-state index contributed by atoms with van der Waals surface area (Å²) in [6, 6.07) is 8.61. The molecule has 1 unspecified atom stereocenters. The Labute approximate surface area is 127 Å². The van der Waals surface area contributed by atoms with Crippen LogP contribution in [0.5, 0.6) is 0 Å². The van der Waals surface area contributed by atoms with Gasteiger partial charge in [-0.05, 0) is 23.8 Å². The van der Waals surface area contributed by atoms with Gasteiger partial charge in [0, 0.05) is 11.5 Å². The number of urea groups is 1. The molecule has 2 amide bonds. The SMILES string of the molecule is C=CC(C1=CC(=O)C=CC1=O)c1ccccc1.NC(=O)NO. The molecule has 1 aromatic carbocycles. The van der Waals surface area contributed by atoms with E-state index < -0.39 is 6.03 Å². The Hall–Kier alpha value is -2.99. The minimum absolute atomic E-state index is 0.127. The van der Waals surface area contributed by atoms with Crippen molar-refractivity contribution >= 4 is 17.6 Å². The molecule has 0 radical (unpaired) electrons. The zero-order valence-corrected chi connectivity index (χ0v) is 11.7. The molecule has 6 heteroatoms. The van der Waals surface area contributed by atoms with E-state index in [0.29, 0.717) is 5.57 Å². The normalized spacial score (nSPS) is 14.3. The molecule has 0 heterocycles. The minimum atomic E-state index is -0.940. The summed E-state index contributed by atoms with van der Waals surface area (Å²) >= 11 is 0. The van der Waals surface area contributed by atoms with Gasteiger partial charge >= 0.3 is 6.03 Å². The fraction of sp³-hybridized carbons (Fsp3) is 0.0625. The molecule has 1 atom stereocenters. The van der Waals surface area contributed by atoms with Gasteiger partial charge < -0.3 is 5.73 Å². The molecule has 0 aromatic heterocycles. The number of benzene rings is 1. The van der Waals surface area contributed by atoms with Crippen molar-refractivity contribution in [2.45, 2.75) is 5.92 Å². The average molecular weight is 300 g/mol. The summed E-state index contributed by atoms with van der Waals surface area (Å²) in [6.45, 7) is 3.74. The number of carbonyl (C=O) groups is 3. The van der Waals surface area contributed by atoms with Gasteiger partial charge in [0.05, 0.1) is 0 Å². The molecule has 0 saturated heterocycles. The summed E-state index contributed by atoms with van der Waals surface area (Å²) in [5, 5.41) is 7.42. The maximum Gasteiger partial charge on any atom is 0.335 e. The summed E-state index contributed by atoms with van der Waals surface area (Å²) in [6.07, 6.45) is 5.68. The van der Waals surface area contributed by atoms with Gasteiger partial charge in [0.25, 0.3) is 0 Å². The lowest BCUT2D eigenvalue weighted by Crippen LogP contribution is -2.25. The maximum atomic E-state index is 11.8. The van der Waals surface area contributed by atoms with Crippen molar-refractivity contribution in [2.24, 2.45) is 5.73 Å². The number of ketones is 2. The van der Waals surface area contributed by atoms with Crippen LogP contribution in [0.15, 0.2) is 66.8 Å². The van der Waals surface area contributed by atoms with Crippen LogP contribution in [0.25, 0.3) is 0 Å². The Bertz CT molecular complexity index is 633. The van der Waals surface area contributed by atoms with E-state index in [0.717, 1.165) is 5.56 Å². The third-order valence-corrected chi connectivity index (χ3v) is 2.82.